The van der Waals surface area contributed by atoms with Crippen molar-refractivity contribution < 1.29 is 13.2 Å². The van der Waals surface area contributed by atoms with Gasteiger partial charge in [0.25, 0.3) is 5.91 Å². The van der Waals surface area contributed by atoms with Gasteiger partial charge in [0.05, 0.1) is 40.2 Å². The van der Waals surface area contributed by atoms with Gasteiger partial charge in [0.1, 0.15) is 0 Å². The maximum absolute atomic E-state index is 13.6. The first-order chi connectivity index (χ1) is 15.9. The molecule has 1 saturated heterocycles. The molecule has 8 heteroatoms. The van der Waals surface area contributed by atoms with E-state index < -0.39 is 9.84 Å². The van der Waals surface area contributed by atoms with Crippen LogP contribution in [0.3, 0.4) is 0 Å². The molecule has 1 aliphatic heterocycles. The van der Waals surface area contributed by atoms with Gasteiger partial charge >= 0.3 is 0 Å². The van der Waals surface area contributed by atoms with Crippen LogP contribution < -0.4 is 5.32 Å². The number of carbonyl (C=O) groups excluding carboxylic acids is 1. The van der Waals surface area contributed by atoms with Gasteiger partial charge in [-0.15, -0.1) is 0 Å². The van der Waals surface area contributed by atoms with Crippen LogP contribution >= 0.6 is 0 Å². The molecule has 2 fully saturated rings. The topological polar surface area (TPSA) is 93.9 Å². The summed E-state index contributed by atoms with van der Waals surface area (Å²) in [5.74, 6) is 0.522. The Morgan fingerprint density at radius 3 is 2.73 bits per heavy atom. The molecule has 172 valence electrons. The van der Waals surface area contributed by atoms with E-state index in [4.69, 9.17) is 10.1 Å². The number of aryl methyl sites for hydroxylation is 2. The van der Waals surface area contributed by atoms with Crippen LogP contribution in [0, 0.1) is 6.92 Å². The monoisotopic (exact) mass is 464 g/mol. The molecule has 3 heterocycles. The first-order valence-electron chi connectivity index (χ1n) is 11.9. The van der Waals surface area contributed by atoms with Crippen LogP contribution in [0.5, 0.6) is 0 Å². The Labute approximate surface area is 193 Å². The molecule has 7 nitrogen and oxygen atoms in total. The molecule has 0 unspecified atom stereocenters. The van der Waals surface area contributed by atoms with Crippen molar-refractivity contribution in [3.8, 4) is 0 Å². The van der Waals surface area contributed by atoms with Crippen LogP contribution in [0.25, 0.3) is 11.0 Å². The smallest absolute Gasteiger partial charge is 0.252 e. The lowest BCUT2D eigenvalue weighted by molar-refractivity contribution is 0.0934. The van der Waals surface area contributed by atoms with Gasteiger partial charge < -0.3 is 5.32 Å². The van der Waals surface area contributed by atoms with Crippen molar-refractivity contribution in [3.05, 3.63) is 58.4 Å². The van der Waals surface area contributed by atoms with Crippen molar-refractivity contribution in [2.45, 2.75) is 63.5 Å². The number of hydrogen-bond donors (Lipinski definition) is 1. The van der Waals surface area contributed by atoms with Crippen molar-refractivity contribution >= 4 is 26.8 Å². The predicted molar refractivity (Wildman–Crippen MR) is 126 cm³/mol. The number of rotatable bonds is 4. The zero-order chi connectivity index (χ0) is 22.7. The minimum Gasteiger partial charge on any atom is -0.345 e. The number of nitrogens with one attached hydrogen (secondary N) is 1. The molecule has 0 bridgehead atoms. The number of hydrogen-bond acceptors (Lipinski definition) is 5. The molecular weight excluding hydrogens is 436 g/mol. The van der Waals surface area contributed by atoms with E-state index >= 15 is 0 Å². The van der Waals surface area contributed by atoms with E-state index in [1.165, 1.54) is 11.1 Å². The standard InChI is InChI=1S/C25H28N4O3S/c1-15-23-20(25(30)27-21-8-4-6-16-5-2-3-7-19(16)21)13-22(17-9-10-17)26-24(23)29(28-15)18-11-12-33(31,32)14-18/h2-3,5,7,13,17-18,21H,4,6,8-12,14H2,1H3,(H,27,30)/t18-,21-/m1/s1. The van der Waals surface area contributed by atoms with Crippen molar-refractivity contribution in [2.24, 2.45) is 0 Å². The van der Waals surface area contributed by atoms with Crippen molar-refractivity contribution in [3.63, 3.8) is 0 Å². The molecular formula is C25H28N4O3S. The van der Waals surface area contributed by atoms with Crippen molar-refractivity contribution in [1.82, 2.24) is 20.1 Å². The quantitative estimate of drug-likeness (QED) is 0.634. The number of carbonyl (C=O) groups is 1. The average Bonchev–Trinajstić information content (AvgIpc) is 3.52. The zero-order valence-corrected chi connectivity index (χ0v) is 19.6. The fourth-order valence-corrected chi connectivity index (χ4v) is 7.15. The third-order valence-electron chi connectivity index (χ3n) is 7.33. The van der Waals surface area contributed by atoms with E-state index in [1.54, 1.807) is 4.68 Å². The molecule has 3 aromatic rings. The Morgan fingerprint density at radius 2 is 1.97 bits per heavy atom. The van der Waals surface area contributed by atoms with Crippen molar-refractivity contribution in [2.75, 3.05) is 11.5 Å². The van der Waals surface area contributed by atoms with Crippen LogP contribution in [-0.2, 0) is 16.3 Å². The molecule has 1 amide bonds. The summed E-state index contributed by atoms with van der Waals surface area (Å²) in [4.78, 5) is 18.5. The maximum Gasteiger partial charge on any atom is 0.252 e. The summed E-state index contributed by atoms with van der Waals surface area (Å²) in [5, 5.41) is 8.72. The summed E-state index contributed by atoms with van der Waals surface area (Å²) in [6.45, 7) is 1.88. The number of fused-ring (bicyclic) bond motifs is 2. The zero-order valence-electron chi connectivity index (χ0n) is 18.8. The lowest BCUT2D eigenvalue weighted by Gasteiger charge is -2.26. The number of aromatic nitrogens is 3. The summed E-state index contributed by atoms with van der Waals surface area (Å²) >= 11 is 0. The van der Waals surface area contributed by atoms with Crippen LogP contribution in [0.1, 0.15) is 83.0 Å². The fourth-order valence-electron chi connectivity index (χ4n) is 5.46. The number of amides is 1. The lowest BCUT2D eigenvalue weighted by Crippen LogP contribution is -2.31. The molecule has 3 aliphatic rings. The molecule has 33 heavy (non-hydrogen) atoms. The molecule has 0 radical (unpaired) electrons. The number of nitrogens with zero attached hydrogens (tertiary/aromatic N) is 3. The summed E-state index contributed by atoms with van der Waals surface area (Å²) in [5.41, 5.74) is 5.40. The highest BCUT2D eigenvalue weighted by Gasteiger charge is 2.34. The summed E-state index contributed by atoms with van der Waals surface area (Å²) in [6.07, 6.45) is 5.69. The van der Waals surface area contributed by atoms with E-state index in [-0.39, 0.29) is 29.5 Å². The highest BCUT2D eigenvalue weighted by atomic mass is 32.2. The Morgan fingerprint density at radius 1 is 1.15 bits per heavy atom. The van der Waals surface area contributed by atoms with Gasteiger partial charge in [0.15, 0.2) is 15.5 Å². The van der Waals surface area contributed by atoms with Gasteiger partial charge in [-0.05, 0) is 62.6 Å². The van der Waals surface area contributed by atoms with E-state index in [9.17, 15) is 13.2 Å². The van der Waals surface area contributed by atoms with Gasteiger partial charge in [-0.1, -0.05) is 24.3 Å². The van der Waals surface area contributed by atoms with Gasteiger partial charge in [-0.3, -0.25) is 4.79 Å². The first kappa shape index (κ1) is 20.8. The second kappa shape index (κ2) is 7.65. The maximum atomic E-state index is 13.6. The molecule has 1 saturated carbocycles. The molecule has 2 aromatic heterocycles. The molecule has 1 N–H and O–H groups in total. The van der Waals surface area contributed by atoms with Gasteiger partial charge in [0.2, 0.25) is 0 Å². The first-order valence-corrected chi connectivity index (χ1v) is 13.7. The van der Waals surface area contributed by atoms with Crippen molar-refractivity contribution in [1.29, 1.82) is 0 Å². The second-order valence-electron chi connectivity index (χ2n) is 9.77. The number of pyridine rings is 1. The summed E-state index contributed by atoms with van der Waals surface area (Å²) in [6, 6.07) is 10.0. The molecule has 2 aliphatic carbocycles. The van der Waals surface area contributed by atoms with E-state index in [0.29, 0.717) is 23.5 Å². The van der Waals surface area contributed by atoms with Crippen LogP contribution in [-0.4, -0.2) is 40.6 Å². The lowest BCUT2D eigenvalue weighted by atomic mass is 9.87. The van der Waals surface area contributed by atoms with Gasteiger partial charge in [-0.2, -0.15) is 5.10 Å². The SMILES string of the molecule is Cc1nn([C@@H]2CCS(=O)(=O)C2)c2nc(C3CC3)cc(C(=O)N[C@@H]3CCCc4ccccc43)c12. The summed E-state index contributed by atoms with van der Waals surface area (Å²) < 4.78 is 26.0. The van der Waals surface area contributed by atoms with Crippen LogP contribution in [0.2, 0.25) is 0 Å². The highest BCUT2D eigenvalue weighted by molar-refractivity contribution is 7.91. The Bertz CT molecular complexity index is 1370. The van der Waals surface area contributed by atoms with E-state index in [2.05, 4.69) is 23.5 Å². The predicted octanol–water partition coefficient (Wildman–Crippen LogP) is 3.78. The normalized spacial score (nSPS) is 24.0. The minimum atomic E-state index is -3.06. The van der Waals surface area contributed by atoms with E-state index in [1.807, 2.05) is 19.1 Å². The van der Waals surface area contributed by atoms with E-state index in [0.717, 1.165) is 48.9 Å². The Hall–Kier alpha value is -2.74. The Kier molecular flexibility index (Phi) is 4.83. The van der Waals surface area contributed by atoms with Crippen LogP contribution in [0.4, 0.5) is 0 Å². The van der Waals surface area contributed by atoms with Gasteiger partial charge in [0, 0.05) is 11.6 Å². The largest absolute Gasteiger partial charge is 0.345 e. The van der Waals surface area contributed by atoms with Crippen LogP contribution in [0.15, 0.2) is 30.3 Å². The number of sulfone groups is 1. The molecule has 2 atom stereocenters. The third kappa shape index (κ3) is 3.74. The molecule has 6 rings (SSSR count). The van der Waals surface area contributed by atoms with Gasteiger partial charge in [-0.25, -0.2) is 18.1 Å². The molecule has 1 aromatic carbocycles. The second-order valence-corrected chi connectivity index (χ2v) is 12.0. The fraction of sp³-hybridized carbons (Fsp3) is 0.480. The Balaban J connectivity index is 1.41. The summed E-state index contributed by atoms with van der Waals surface area (Å²) in [7, 11) is -3.06. The third-order valence-corrected chi connectivity index (χ3v) is 9.08. The average molecular weight is 465 g/mol. The minimum absolute atomic E-state index is 0.00892. The number of benzene rings is 1. The molecule has 0 spiro atoms. The highest BCUT2D eigenvalue weighted by Crippen LogP contribution is 2.41.